The largest absolute Gasteiger partial charge is 0.475 e. The molecule has 18 heavy (non-hydrogen) atoms. The molecule has 0 radical (unpaired) electrons. The van der Waals surface area contributed by atoms with Crippen LogP contribution in [0.3, 0.4) is 0 Å². The second-order valence-corrected chi connectivity index (χ2v) is 3.98. The Hall–Kier alpha value is -1.13. The van der Waals surface area contributed by atoms with Crippen LogP contribution in [0.2, 0.25) is 0 Å². The summed E-state index contributed by atoms with van der Waals surface area (Å²) >= 11 is 0. The third-order valence-electron chi connectivity index (χ3n) is 2.54. The Balaban J connectivity index is 2.58. The van der Waals surface area contributed by atoms with E-state index in [1.165, 1.54) is 5.56 Å². The average molecular weight is 252 g/mol. The summed E-state index contributed by atoms with van der Waals surface area (Å²) in [5, 5.41) is 3.31. The van der Waals surface area contributed by atoms with E-state index in [2.05, 4.69) is 30.2 Å². The van der Waals surface area contributed by atoms with E-state index in [1.54, 1.807) is 0 Å². The van der Waals surface area contributed by atoms with Crippen LogP contribution in [0.15, 0.2) is 12.1 Å². The van der Waals surface area contributed by atoms with Crippen molar-refractivity contribution in [3.63, 3.8) is 0 Å². The second-order valence-electron chi connectivity index (χ2n) is 3.98. The lowest BCUT2D eigenvalue weighted by Crippen LogP contribution is -2.13. The van der Waals surface area contributed by atoms with Crippen molar-refractivity contribution >= 4 is 0 Å². The molecule has 0 saturated carbocycles. The number of aromatic nitrogens is 1. The molecule has 0 aromatic carbocycles. The number of pyridine rings is 1. The fraction of sp³-hybridized carbons (Fsp3) is 0.643. The molecule has 0 unspecified atom stereocenters. The maximum absolute atomic E-state index is 5.61. The first kappa shape index (κ1) is 14.9. The topological polar surface area (TPSA) is 43.4 Å². The number of nitrogens with one attached hydrogen (secondary N) is 1. The summed E-state index contributed by atoms with van der Waals surface area (Å²) in [6.07, 6.45) is 0.918. The molecule has 0 atom stereocenters. The molecule has 1 N–H and O–H groups in total. The molecule has 4 nitrogen and oxygen atoms in total. The lowest BCUT2D eigenvalue weighted by Gasteiger charge is -2.10. The molecule has 0 spiro atoms. The Morgan fingerprint density at radius 1 is 1.17 bits per heavy atom. The quantitative estimate of drug-likeness (QED) is 0.684. The number of nitrogens with zero attached hydrogens (tertiary/aromatic N) is 1. The highest BCUT2D eigenvalue weighted by atomic mass is 16.5. The first-order chi connectivity index (χ1) is 8.80. The van der Waals surface area contributed by atoms with Gasteiger partial charge in [0.25, 0.3) is 0 Å². The zero-order chi connectivity index (χ0) is 13.2. The molecule has 1 rings (SSSR count). The molecule has 0 amide bonds. The number of hydrogen-bond donors (Lipinski definition) is 1. The van der Waals surface area contributed by atoms with Crippen LogP contribution in [-0.2, 0) is 17.7 Å². The van der Waals surface area contributed by atoms with Gasteiger partial charge >= 0.3 is 0 Å². The van der Waals surface area contributed by atoms with Gasteiger partial charge < -0.3 is 14.8 Å². The molecule has 0 saturated heterocycles. The zero-order valence-electron chi connectivity index (χ0n) is 11.7. The summed E-state index contributed by atoms with van der Waals surface area (Å²) in [5.41, 5.74) is 2.28. The highest BCUT2D eigenvalue weighted by Crippen LogP contribution is 2.13. The lowest BCUT2D eigenvalue weighted by molar-refractivity contribution is 0.108. The van der Waals surface area contributed by atoms with Gasteiger partial charge in [0, 0.05) is 24.9 Å². The first-order valence-corrected chi connectivity index (χ1v) is 6.71. The SMILES string of the molecule is CCNCc1cc(CC)nc(OCCOCC)c1. The highest BCUT2D eigenvalue weighted by Gasteiger charge is 2.02. The van der Waals surface area contributed by atoms with Crippen molar-refractivity contribution < 1.29 is 9.47 Å². The van der Waals surface area contributed by atoms with Crippen molar-refractivity contribution in [2.24, 2.45) is 0 Å². The Morgan fingerprint density at radius 3 is 2.67 bits per heavy atom. The molecule has 0 fully saturated rings. The van der Waals surface area contributed by atoms with Gasteiger partial charge in [0.05, 0.1) is 6.61 Å². The number of hydrogen-bond acceptors (Lipinski definition) is 4. The Labute approximate surface area is 110 Å². The van der Waals surface area contributed by atoms with Gasteiger partial charge in [-0.3, -0.25) is 0 Å². The summed E-state index contributed by atoms with van der Waals surface area (Å²) < 4.78 is 10.8. The standard InChI is InChI=1S/C14H24N2O2/c1-4-13-9-12(11-15-5-2)10-14(16-13)18-8-7-17-6-3/h9-10,15H,4-8,11H2,1-3H3. The minimum Gasteiger partial charge on any atom is -0.475 e. The third kappa shape index (κ3) is 5.47. The van der Waals surface area contributed by atoms with E-state index < -0.39 is 0 Å². The van der Waals surface area contributed by atoms with Crippen molar-refractivity contribution in [1.82, 2.24) is 10.3 Å². The van der Waals surface area contributed by atoms with Gasteiger partial charge in [-0.2, -0.15) is 0 Å². The maximum atomic E-state index is 5.61. The zero-order valence-corrected chi connectivity index (χ0v) is 11.7. The predicted molar refractivity (Wildman–Crippen MR) is 73.0 cm³/mol. The van der Waals surface area contributed by atoms with Crippen LogP contribution in [0.5, 0.6) is 5.88 Å². The number of rotatable bonds is 9. The van der Waals surface area contributed by atoms with Crippen LogP contribution in [0, 0.1) is 0 Å². The Kier molecular flexibility index (Phi) is 7.37. The normalized spacial score (nSPS) is 10.6. The molecule has 0 aliphatic rings. The van der Waals surface area contributed by atoms with Gasteiger partial charge in [0.2, 0.25) is 5.88 Å². The molecule has 1 aromatic heterocycles. The molecule has 0 aliphatic heterocycles. The van der Waals surface area contributed by atoms with E-state index in [1.807, 2.05) is 13.0 Å². The molecule has 1 heterocycles. The minimum atomic E-state index is 0.550. The highest BCUT2D eigenvalue weighted by molar-refractivity contribution is 5.25. The van der Waals surface area contributed by atoms with Crippen LogP contribution < -0.4 is 10.1 Å². The molecule has 1 aromatic rings. The van der Waals surface area contributed by atoms with Crippen LogP contribution in [0.25, 0.3) is 0 Å². The fourth-order valence-corrected chi connectivity index (χ4v) is 1.60. The van der Waals surface area contributed by atoms with Crippen molar-refractivity contribution in [3.05, 3.63) is 23.4 Å². The smallest absolute Gasteiger partial charge is 0.213 e. The fourth-order valence-electron chi connectivity index (χ4n) is 1.60. The number of ether oxygens (including phenoxy) is 2. The van der Waals surface area contributed by atoms with Crippen molar-refractivity contribution in [1.29, 1.82) is 0 Å². The van der Waals surface area contributed by atoms with Crippen molar-refractivity contribution in [3.8, 4) is 5.88 Å². The molecule has 0 bridgehead atoms. The van der Waals surface area contributed by atoms with E-state index in [0.717, 1.165) is 31.8 Å². The van der Waals surface area contributed by atoms with E-state index in [9.17, 15) is 0 Å². The van der Waals surface area contributed by atoms with Crippen molar-refractivity contribution in [2.75, 3.05) is 26.4 Å². The van der Waals surface area contributed by atoms with Crippen LogP contribution >= 0.6 is 0 Å². The molecule has 102 valence electrons. The van der Waals surface area contributed by atoms with Gasteiger partial charge in [0.1, 0.15) is 6.61 Å². The van der Waals surface area contributed by atoms with Gasteiger partial charge in [-0.15, -0.1) is 0 Å². The molecular formula is C14H24N2O2. The van der Waals surface area contributed by atoms with Crippen LogP contribution in [0.1, 0.15) is 32.0 Å². The van der Waals surface area contributed by atoms with E-state index in [0.29, 0.717) is 19.1 Å². The first-order valence-electron chi connectivity index (χ1n) is 6.71. The molecular weight excluding hydrogens is 228 g/mol. The van der Waals surface area contributed by atoms with Gasteiger partial charge in [-0.25, -0.2) is 4.98 Å². The van der Waals surface area contributed by atoms with Crippen molar-refractivity contribution in [2.45, 2.75) is 33.7 Å². The van der Waals surface area contributed by atoms with Crippen LogP contribution in [0.4, 0.5) is 0 Å². The summed E-state index contributed by atoms with van der Waals surface area (Å²) in [6, 6.07) is 4.12. The minimum absolute atomic E-state index is 0.550. The van der Waals surface area contributed by atoms with E-state index in [4.69, 9.17) is 9.47 Å². The summed E-state index contributed by atoms with van der Waals surface area (Å²) in [4.78, 5) is 4.45. The average Bonchev–Trinajstić information content (AvgIpc) is 2.41. The molecule has 0 aliphatic carbocycles. The van der Waals surface area contributed by atoms with Gasteiger partial charge in [-0.05, 0) is 31.5 Å². The Bertz CT molecular complexity index is 343. The maximum Gasteiger partial charge on any atom is 0.213 e. The monoisotopic (exact) mass is 252 g/mol. The number of aryl methyl sites for hydroxylation is 1. The summed E-state index contributed by atoms with van der Waals surface area (Å²) in [5.74, 6) is 0.696. The Morgan fingerprint density at radius 2 is 2.00 bits per heavy atom. The van der Waals surface area contributed by atoms with Crippen LogP contribution in [-0.4, -0.2) is 31.3 Å². The molecule has 4 heteroatoms. The second kappa shape index (κ2) is 8.89. The van der Waals surface area contributed by atoms with Gasteiger partial charge in [-0.1, -0.05) is 13.8 Å². The predicted octanol–water partition coefficient (Wildman–Crippen LogP) is 2.17. The third-order valence-corrected chi connectivity index (χ3v) is 2.54. The lowest BCUT2D eigenvalue weighted by atomic mass is 10.2. The van der Waals surface area contributed by atoms with E-state index >= 15 is 0 Å². The van der Waals surface area contributed by atoms with Gasteiger partial charge in [0.15, 0.2) is 0 Å². The van der Waals surface area contributed by atoms with E-state index in [-0.39, 0.29) is 0 Å². The summed E-state index contributed by atoms with van der Waals surface area (Å²) in [6.45, 7) is 9.87. The summed E-state index contributed by atoms with van der Waals surface area (Å²) in [7, 11) is 0.